The second kappa shape index (κ2) is 10.4. The van der Waals surface area contributed by atoms with Gasteiger partial charge in [-0.2, -0.15) is 0 Å². The molecule has 3 aliphatic rings. The molecule has 2 aliphatic heterocycles. The first-order chi connectivity index (χ1) is 16.1. The van der Waals surface area contributed by atoms with E-state index in [0.717, 1.165) is 5.56 Å². The van der Waals surface area contributed by atoms with Gasteiger partial charge in [0, 0.05) is 18.0 Å². The second-order valence-corrected chi connectivity index (χ2v) is 8.21. The Bertz CT molecular complexity index is 928. The van der Waals surface area contributed by atoms with Crippen LogP contribution in [0.1, 0.15) is 28.3 Å². The van der Waals surface area contributed by atoms with Crippen molar-refractivity contribution in [2.75, 3.05) is 33.2 Å². The zero-order valence-corrected chi connectivity index (χ0v) is 18.8. The lowest BCUT2D eigenvalue weighted by Gasteiger charge is -2.52. The summed E-state index contributed by atoms with van der Waals surface area (Å²) >= 11 is 0. The van der Waals surface area contributed by atoms with Crippen LogP contribution >= 0.6 is 0 Å². The number of hydrogen-bond donors (Lipinski definition) is 0. The molecule has 0 saturated heterocycles. The van der Waals surface area contributed by atoms with Crippen molar-refractivity contribution in [2.24, 2.45) is 0 Å². The van der Waals surface area contributed by atoms with E-state index in [1.54, 1.807) is 30.4 Å². The highest BCUT2D eigenvalue weighted by molar-refractivity contribution is 5.98. The third-order valence-electron chi connectivity index (χ3n) is 6.29. The summed E-state index contributed by atoms with van der Waals surface area (Å²) in [5.41, 5.74) is 1.52. The zero-order chi connectivity index (χ0) is 23.4. The van der Waals surface area contributed by atoms with E-state index in [9.17, 15) is 4.79 Å². The predicted octanol–water partition coefficient (Wildman–Crippen LogP) is 3.63. The summed E-state index contributed by atoms with van der Waals surface area (Å²) in [5.74, 6) is 1.08. The molecule has 7 heteroatoms. The van der Waals surface area contributed by atoms with E-state index in [0.29, 0.717) is 49.8 Å². The van der Waals surface area contributed by atoms with Crippen LogP contribution in [0, 0.1) is 0 Å². The van der Waals surface area contributed by atoms with Crippen LogP contribution in [-0.4, -0.2) is 68.3 Å². The van der Waals surface area contributed by atoms with Crippen molar-refractivity contribution in [3.8, 4) is 11.5 Å². The highest BCUT2D eigenvalue weighted by Gasteiger charge is 2.53. The normalized spacial score (nSPS) is 27.5. The fraction of sp³-hybridized carbons (Fsp3) is 0.423. The highest BCUT2D eigenvalue weighted by atomic mass is 16.7. The fourth-order valence-electron chi connectivity index (χ4n) is 5.06. The van der Waals surface area contributed by atoms with Crippen molar-refractivity contribution in [1.82, 2.24) is 4.90 Å². The summed E-state index contributed by atoms with van der Waals surface area (Å²) in [6, 6.07) is 3.44. The minimum absolute atomic E-state index is 0.0552. The number of fused-ring (bicyclic) bond motifs is 4. The number of ether oxygens (including phenoxy) is 5. The van der Waals surface area contributed by atoms with Crippen LogP contribution in [0.3, 0.4) is 0 Å². The SMILES string of the molecule is C=CCO[C@@H]1[C@H](OCC=C)[C@@H](OCC=C)C[C@@H]2c3cc4c(cc3C(=O)N(CC=C)[C@@H]12)OCO4. The van der Waals surface area contributed by atoms with Crippen molar-refractivity contribution in [2.45, 2.75) is 36.7 Å². The second-order valence-electron chi connectivity index (χ2n) is 8.21. The Balaban J connectivity index is 1.82. The minimum Gasteiger partial charge on any atom is -0.454 e. The molecule has 1 aliphatic carbocycles. The molecule has 4 rings (SSSR count). The van der Waals surface area contributed by atoms with Gasteiger partial charge >= 0.3 is 0 Å². The van der Waals surface area contributed by atoms with E-state index in [1.807, 2.05) is 11.0 Å². The zero-order valence-electron chi connectivity index (χ0n) is 18.8. The number of carbonyl (C=O) groups excluding carboxylic acids is 1. The molecule has 33 heavy (non-hydrogen) atoms. The van der Waals surface area contributed by atoms with Crippen LogP contribution in [0.4, 0.5) is 0 Å². The van der Waals surface area contributed by atoms with E-state index in [-0.39, 0.29) is 30.8 Å². The summed E-state index contributed by atoms with van der Waals surface area (Å²) < 4.78 is 29.8. The molecule has 1 saturated carbocycles. The van der Waals surface area contributed by atoms with E-state index in [1.165, 1.54) is 0 Å². The van der Waals surface area contributed by atoms with Gasteiger partial charge in [-0.3, -0.25) is 4.79 Å². The van der Waals surface area contributed by atoms with Gasteiger partial charge in [-0.05, 0) is 24.1 Å². The third-order valence-corrected chi connectivity index (χ3v) is 6.29. The van der Waals surface area contributed by atoms with E-state index >= 15 is 0 Å². The molecule has 5 atom stereocenters. The van der Waals surface area contributed by atoms with Gasteiger partial charge in [-0.1, -0.05) is 24.3 Å². The van der Waals surface area contributed by atoms with Gasteiger partial charge in [-0.25, -0.2) is 0 Å². The molecule has 0 spiro atoms. The maximum atomic E-state index is 13.7. The van der Waals surface area contributed by atoms with Gasteiger partial charge in [0.1, 0.15) is 12.2 Å². The molecule has 7 nitrogen and oxygen atoms in total. The van der Waals surface area contributed by atoms with Crippen LogP contribution in [0.15, 0.2) is 62.8 Å². The van der Waals surface area contributed by atoms with Gasteiger partial charge in [0.15, 0.2) is 11.5 Å². The number of nitrogens with zero attached hydrogens (tertiary/aromatic N) is 1. The average molecular weight is 454 g/mol. The van der Waals surface area contributed by atoms with Crippen LogP contribution in [0.5, 0.6) is 11.5 Å². The smallest absolute Gasteiger partial charge is 0.254 e. The monoisotopic (exact) mass is 453 g/mol. The minimum atomic E-state index is -0.445. The summed E-state index contributed by atoms with van der Waals surface area (Å²) in [5, 5.41) is 0. The molecule has 0 N–H and O–H groups in total. The Kier molecular flexibility index (Phi) is 7.33. The molecular formula is C26H31NO6. The van der Waals surface area contributed by atoms with Crippen molar-refractivity contribution in [1.29, 1.82) is 0 Å². The third kappa shape index (κ3) is 4.36. The summed E-state index contributed by atoms with van der Waals surface area (Å²) in [6.07, 6.45) is 6.37. The standard InChI is InChI=1S/C26H31NO6/c1-5-9-27-23-18(17-13-20-21(33-16-32-20)15-19(17)26(27)28)14-22(29-10-6-2)24(30-11-7-3)25(23)31-12-8-4/h5-8,13,15,18,22-25H,1-4,9-12,14,16H2/t18-,22+,23-,24-,25+/m1/s1. The largest absolute Gasteiger partial charge is 0.454 e. The lowest BCUT2D eigenvalue weighted by Crippen LogP contribution is -2.64. The quantitative estimate of drug-likeness (QED) is 0.477. The Labute approximate surface area is 194 Å². The Morgan fingerprint density at radius 1 is 0.909 bits per heavy atom. The molecule has 0 aromatic heterocycles. The van der Waals surface area contributed by atoms with Gasteiger partial charge in [0.2, 0.25) is 6.79 Å². The molecule has 1 amide bonds. The van der Waals surface area contributed by atoms with Crippen molar-refractivity contribution < 1.29 is 28.5 Å². The molecule has 0 bridgehead atoms. The highest BCUT2D eigenvalue weighted by Crippen LogP contribution is 2.48. The fourth-order valence-corrected chi connectivity index (χ4v) is 5.06. The van der Waals surface area contributed by atoms with Crippen molar-refractivity contribution in [3.63, 3.8) is 0 Å². The summed E-state index contributed by atoms with van der Waals surface area (Å²) in [7, 11) is 0. The maximum Gasteiger partial charge on any atom is 0.254 e. The van der Waals surface area contributed by atoms with Crippen LogP contribution in [-0.2, 0) is 14.2 Å². The molecule has 1 aromatic carbocycles. The van der Waals surface area contributed by atoms with Gasteiger partial charge in [-0.15, -0.1) is 26.3 Å². The average Bonchev–Trinajstić information content (AvgIpc) is 3.29. The summed E-state index contributed by atoms with van der Waals surface area (Å²) in [4.78, 5) is 15.5. The lowest BCUT2D eigenvalue weighted by molar-refractivity contribution is -0.173. The maximum absolute atomic E-state index is 13.7. The Morgan fingerprint density at radius 2 is 1.55 bits per heavy atom. The Hall–Kier alpha value is -2.87. The molecule has 1 fully saturated rings. The summed E-state index contributed by atoms with van der Waals surface area (Å²) in [6.45, 7) is 16.8. The van der Waals surface area contributed by atoms with Gasteiger partial charge < -0.3 is 28.6 Å². The van der Waals surface area contributed by atoms with Crippen molar-refractivity contribution in [3.05, 3.63) is 73.9 Å². The Morgan fingerprint density at radius 3 is 2.21 bits per heavy atom. The number of benzene rings is 1. The van der Waals surface area contributed by atoms with Crippen molar-refractivity contribution >= 4 is 5.91 Å². The first-order valence-corrected chi connectivity index (χ1v) is 11.2. The van der Waals surface area contributed by atoms with Crippen LogP contribution in [0.2, 0.25) is 0 Å². The number of carbonyl (C=O) groups is 1. The molecule has 2 heterocycles. The van der Waals surface area contributed by atoms with Gasteiger partial charge in [0.25, 0.3) is 5.91 Å². The molecular weight excluding hydrogens is 422 g/mol. The van der Waals surface area contributed by atoms with E-state index in [4.69, 9.17) is 23.7 Å². The predicted molar refractivity (Wildman–Crippen MR) is 125 cm³/mol. The van der Waals surface area contributed by atoms with E-state index in [2.05, 4.69) is 26.3 Å². The first-order valence-electron chi connectivity index (χ1n) is 11.2. The van der Waals surface area contributed by atoms with Crippen LogP contribution < -0.4 is 9.47 Å². The topological polar surface area (TPSA) is 66.5 Å². The molecule has 1 aromatic rings. The number of amides is 1. The number of hydrogen-bond acceptors (Lipinski definition) is 6. The van der Waals surface area contributed by atoms with Gasteiger partial charge in [0.05, 0.1) is 32.0 Å². The van der Waals surface area contributed by atoms with E-state index < -0.39 is 12.2 Å². The lowest BCUT2D eigenvalue weighted by atomic mass is 9.70. The molecule has 0 radical (unpaired) electrons. The van der Waals surface area contributed by atoms with Crippen LogP contribution in [0.25, 0.3) is 0 Å². The first kappa shape index (κ1) is 23.3. The molecule has 176 valence electrons. The molecule has 0 unspecified atom stereocenters. The number of rotatable bonds is 11.